The van der Waals surface area contributed by atoms with E-state index in [0.29, 0.717) is 6.42 Å². The lowest BCUT2D eigenvalue weighted by molar-refractivity contribution is 0.571. The van der Waals surface area contributed by atoms with Gasteiger partial charge in [-0.2, -0.15) is 0 Å². The molecular weight excluding hydrogens is 242 g/mol. The van der Waals surface area contributed by atoms with Crippen molar-refractivity contribution in [1.29, 1.82) is 0 Å². The van der Waals surface area contributed by atoms with E-state index in [1.54, 1.807) is 11.3 Å². The summed E-state index contributed by atoms with van der Waals surface area (Å²) >= 11 is 1.68. The first-order valence-corrected chi connectivity index (χ1v) is 6.90. The first-order chi connectivity index (χ1) is 8.36. The summed E-state index contributed by atoms with van der Waals surface area (Å²) < 4.78 is 0. The summed E-state index contributed by atoms with van der Waals surface area (Å²) in [5, 5.41) is 3.20. The first kappa shape index (κ1) is 13.0. The molecule has 18 heavy (non-hydrogen) atoms. The Kier molecular flexibility index (Phi) is 3.39. The summed E-state index contributed by atoms with van der Waals surface area (Å²) in [6, 6.07) is 1.96. The van der Waals surface area contributed by atoms with E-state index in [9.17, 15) is 0 Å². The molecule has 0 radical (unpaired) electrons. The fourth-order valence-electron chi connectivity index (χ4n) is 1.65. The number of nitrogens with zero attached hydrogens (tertiary/aromatic N) is 2. The van der Waals surface area contributed by atoms with Crippen LogP contribution in [-0.2, 0) is 11.8 Å². The molecule has 96 valence electrons. The summed E-state index contributed by atoms with van der Waals surface area (Å²) in [7, 11) is 0. The topological polar surface area (TPSA) is 51.8 Å². The van der Waals surface area contributed by atoms with Gasteiger partial charge in [-0.3, -0.25) is 4.98 Å². The van der Waals surface area contributed by atoms with Crippen molar-refractivity contribution >= 4 is 17.0 Å². The van der Waals surface area contributed by atoms with Gasteiger partial charge in [0.2, 0.25) is 0 Å². The molecule has 2 N–H and O–H groups in total. The summed E-state index contributed by atoms with van der Waals surface area (Å²) in [6.45, 7) is 8.51. The van der Waals surface area contributed by atoms with Gasteiger partial charge < -0.3 is 5.73 Å². The van der Waals surface area contributed by atoms with Gasteiger partial charge in [-0.25, -0.2) is 4.98 Å². The molecule has 0 aliphatic heterocycles. The number of rotatable bonds is 2. The SMILES string of the molecule is Cc1cnc(Cc2nc(C(C)(C)C)cs2)c(N)c1. The van der Waals surface area contributed by atoms with Crippen LogP contribution in [0.2, 0.25) is 0 Å². The van der Waals surface area contributed by atoms with E-state index in [4.69, 9.17) is 5.73 Å². The molecule has 0 aliphatic carbocycles. The zero-order valence-corrected chi connectivity index (χ0v) is 12.1. The lowest BCUT2D eigenvalue weighted by Gasteiger charge is -2.14. The second-order valence-electron chi connectivity index (χ2n) is 5.60. The summed E-state index contributed by atoms with van der Waals surface area (Å²) in [5.41, 5.74) is 9.96. The minimum Gasteiger partial charge on any atom is -0.397 e. The predicted molar refractivity (Wildman–Crippen MR) is 77.0 cm³/mol. The summed E-state index contributed by atoms with van der Waals surface area (Å²) in [4.78, 5) is 9.05. The number of nitrogens with two attached hydrogens (primary N) is 1. The van der Waals surface area contributed by atoms with E-state index in [2.05, 4.69) is 36.1 Å². The van der Waals surface area contributed by atoms with E-state index >= 15 is 0 Å². The quantitative estimate of drug-likeness (QED) is 0.902. The monoisotopic (exact) mass is 261 g/mol. The molecule has 0 fully saturated rings. The number of hydrogen-bond acceptors (Lipinski definition) is 4. The molecular formula is C14H19N3S. The van der Waals surface area contributed by atoms with Gasteiger partial charge in [-0.05, 0) is 18.6 Å². The number of anilines is 1. The molecule has 0 saturated heterocycles. The minimum absolute atomic E-state index is 0.0982. The Morgan fingerprint density at radius 1 is 1.33 bits per heavy atom. The van der Waals surface area contributed by atoms with E-state index in [1.165, 1.54) is 0 Å². The molecule has 4 heteroatoms. The largest absolute Gasteiger partial charge is 0.397 e. The van der Waals surface area contributed by atoms with Gasteiger partial charge in [0, 0.05) is 23.4 Å². The maximum atomic E-state index is 5.98. The molecule has 2 aromatic rings. The molecule has 3 nitrogen and oxygen atoms in total. The molecule has 0 amide bonds. The van der Waals surface area contributed by atoms with Gasteiger partial charge in [0.25, 0.3) is 0 Å². The molecule has 0 aliphatic rings. The van der Waals surface area contributed by atoms with Gasteiger partial charge in [0.15, 0.2) is 0 Å². The number of pyridine rings is 1. The molecule has 0 unspecified atom stereocenters. The van der Waals surface area contributed by atoms with Crippen molar-refractivity contribution in [2.24, 2.45) is 0 Å². The predicted octanol–water partition coefficient (Wildman–Crippen LogP) is 3.32. The van der Waals surface area contributed by atoms with Gasteiger partial charge in [-0.15, -0.1) is 11.3 Å². The smallest absolute Gasteiger partial charge is 0.0989 e. The van der Waals surface area contributed by atoms with E-state index in [1.807, 2.05) is 19.2 Å². The number of aromatic nitrogens is 2. The molecule has 2 aromatic heterocycles. The molecule has 0 saturated carbocycles. The van der Waals surface area contributed by atoms with Crippen molar-refractivity contribution in [3.8, 4) is 0 Å². The Labute approximate surface area is 112 Å². The lowest BCUT2D eigenvalue weighted by Crippen LogP contribution is -2.11. The molecule has 0 aromatic carbocycles. The zero-order chi connectivity index (χ0) is 13.3. The zero-order valence-electron chi connectivity index (χ0n) is 11.3. The highest BCUT2D eigenvalue weighted by atomic mass is 32.1. The number of hydrogen-bond donors (Lipinski definition) is 1. The van der Waals surface area contributed by atoms with Gasteiger partial charge in [-0.1, -0.05) is 20.8 Å². The molecule has 0 atom stereocenters. The highest BCUT2D eigenvalue weighted by molar-refractivity contribution is 7.09. The molecule has 0 bridgehead atoms. The van der Waals surface area contributed by atoms with Crippen molar-refractivity contribution in [2.75, 3.05) is 5.73 Å². The van der Waals surface area contributed by atoms with Crippen LogP contribution in [0.15, 0.2) is 17.6 Å². The molecule has 0 spiro atoms. The van der Waals surface area contributed by atoms with Crippen LogP contribution >= 0.6 is 11.3 Å². The van der Waals surface area contributed by atoms with Crippen LogP contribution < -0.4 is 5.73 Å². The Morgan fingerprint density at radius 3 is 2.61 bits per heavy atom. The number of thiazole rings is 1. The van der Waals surface area contributed by atoms with Crippen LogP contribution in [0.1, 0.15) is 42.7 Å². The standard InChI is InChI=1S/C14H19N3S/c1-9-5-10(15)11(16-7-9)6-13-17-12(8-18-13)14(2,3)4/h5,7-8H,6,15H2,1-4H3. The Balaban J connectivity index is 2.21. The fraction of sp³-hybridized carbons (Fsp3) is 0.429. The van der Waals surface area contributed by atoms with Crippen molar-refractivity contribution in [3.05, 3.63) is 39.6 Å². The van der Waals surface area contributed by atoms with Crippen LogP contribution in [0.3, 0.4) is 0 Å². The summed E-state index contributed by atoms with van der Waals surface area (Å²) in [6.07, 6.45) is 2.57. The molecule has 2 heterocycles. The second kappa shape index (κ2) is 4.69. The first-order valence-electron chi connectivity index (χ1n) is 6.02. The van der Waals surface area contributed by atoms with Crippen LogP contribution in [0.25, 0.3) is 0 Å². The van der Waals surface area contributed by atoms with Crippen LogP contribution in [-0.4, -0.2) is 9.97 Å². The third-order valence-electron chi connectivity index (χ3n) is 2.78. The van der Waals surface area contributed by atoms with Crippen LogP contribution in [0.4, 0.5) is 5.69 Å². The Hall–Kier alpha value is -1.42. The maximum Gasteiger partial charge on any atom is 0.0989 e. The number of nitrogen functional groups attached to an aromatic ring is 1. The van der Waals surface area contributed by atoms with Crippen LogP contribution in [0, 0.1) is 6.92 Å². The van der Waals surface area contributed by atoms with Gasteiger partial charge >= 0.3 is 0 Å². The summed E-state index contributed by atoms with van der Waals surface area (Å²) in [5.74, 6) is 0. The average Bonchev–Trinajstić information content (AvgIpc) is 2.70. The highest BCUT2D eigenvalue weighted by Gasteiger charge is 2.17. The minimum atomic E-state index is 0.0982. The van der Waals surface area contributed by atoms with Crippen molar-refractivity contribution in [3.63, 3.8) is 0 Å². The lowest BCUT2D eigenvalue weighted by atomic mass is 9.93. The van der Waals surface area contributed by atoms with Crippen LogP contribution in [0.5, 0.6) is 0 Å². The third kappa shape index (κ3) is 2.88. The van der Waals surface area contributed by atoms with Crippen molar-refractivity contribution in [2.45, 2.75) is 39.5 Å². The Morgan fingerprint density at radius 2 is 2.06 bits per heavy atom. The second-order valence-corrected chi connectivity index (χ2v) is 6.54. The Bertz CT molecular complexity index is 552. The van der Waals surface area contributed by atoms with E-state index < -0.39 is 0 Å². The van der Waals surface area contributed by atoms with E-state index in [-0.39, 0.29) is 5.41 Å². The molecule has 2 rings (SSSR count). The van der Waals surface area contributed by atoms with Gasteiger partial charge in [0.1, 0.15) is 0 Å². The third-order valence-corrected chi connectivity index (χ3v) is 3.63. The van der Waals surface area contributed by atoms with Gasteiger partial charge in [0.05, 0.1) is 22.1 Å². The van der Waals surface area contributed by atoms with Crippen molar-refractivity contribution in [1.82, 2.24) is 9.97 Å². The van der Waals surface area contributed by atoms with E-state index in [0.717, 1.165) is 27.6 Å². The fourth-order valence-corrected chi connectivity index (χ4v) is 2.67. The normalized spacial score (nSPS) is 11.8. The van der Waals surface area contributed by atoms with Crippen molar-refractivity contribution < 1.29 is 0 Å². The maximum absolute atomic E-state index is 5.98. The average molecular weight is 261 g/mol. The number of aryl methyl sites for hydroxylation is 1. The highest BCUT2D eigenvalue weighted by Crippen LogP contribution is 2.25.